The maximum atomic E-state index is 13.1. The molecule has 3 nitrogen and oxygen atoms in total. The van der Waals surface area contributed by atoms with Crippen molar-refractivity contribution in [3.05, 3.63) is 62.3 Å². The molecule has 1 aliphatic carbocycles. The molecule has 6 heteroatoms. The second-order valence-corrected chi connectivity index (χ2v) is 8.86. The van der Waals surface area contributed by atoms with E-state index >= 15 is 0 Å². The van der Waals surface area contributed by atoms with Gasteiger partial charge < -0.3 is 5.32 Å². The van der Waals surface area contributed by atoms with Crippen molar-refractivity contribution in [2.45, 2.75) is 44.7 Å². The van der Waals surface area contributed by atoms with Gasteiger partial charge in [0.05, 0.1) is 5.69 Å². The van der Waals surface area contributed by atoms with E-state index in [0.717, 1.165) is 26.7 Å². The maximum Gasteiger partial charge on any atom is 0.255 e. The summed E-state index contributed by atoms with van der Waals surface area (Å²) in [5.41, 5.74) is 2.23. The van der Waals surface area contributed by atoms with Gasteiger partial charge in [-0.15, -0.1) is 0 Å². The molecular formula is C21H23Br2FN2O. The number of carbonyl (C=O) groups is 1. The smallest absolute Gasteiger partial charge is 0.255 e. The van der Waals surface area contributed by atoms with Crippen molar-refractivity contribution >= 4 is 43.5 Å². The average molecular weight is 498 g/mol. The molecule has 3 rings (SSSR count). The molecule has 1 fully saturated rings. The van der Waals surface area contributed by atoms with Gasteiger partial charge in [0.1, 0.15) is 5.82 Å². The fourth-order valence-corrected chi connectivity index (χ4v) is 5.01. The van der Waals surface area contributed by atoms with Crippen molar-refractivity contribution in [2.75, 3.05) is 12.4 Å². The number of nitrogens with one attached hydrogen (secondary N) is 1. The van der Waals surface area contributed by atoms with Crippen LogP contribution in [0.2, 0.25) is 0 Å². The number of carbonyl (C=O) groups excluding carboxylic acids is 1. The summed E-state index contributed by atoms with van der Waals surface area (Å²) in [6.07, 6.45) is 6.34. The van der Waals surface area contributed by atoms with Crippen LogP contribution in [0.25, 0.3) is 0 Å². The van der Waals surface area contributed by atoms with E-state index in [-0.39, 0.29) is 11.7 Å². The van der Waals surface area contributed by atoms with Crippen LogP contribution in [0.4, 0.5) is 10.1 Å². The Balaban J connectivity index is 1.81. The van der Waals surface area contributed by atoms with Crippen molar-refractivity contribution in [2.24, 2.45) is 0 Å². The molecule has 144 valence electrons. The van der Waals surface area contributed by atoms with Gasteiger partial charge in [0.15, 0.2) is 0 Å². The van der Waals surface area contributed by atoms with Gasteiger partial charge in [-0.1, -0.05) is 35.2 Å². The van der Waals surface area contributed by atoms with Gasteiger partial charge in [-0.2, -0.15) is 0 Å². The van der Waals surface area contributed by atoms with E-state index in [9.17, 15) is 9.18 Å². The van der Waals surface area contributed by atoms with Crippen molar-refractivity contribution in [1.82, 2.24) is 4.90 Å². The Kier molecular flexibility index (Phi) is 7.06. The van der Waals surface area contributed by atoms with Crippen LogP contribution in [0.15, 0.2) is 45.3 Å². The summed E-state index contributed by atoms with van der Waals surface area (Å²) >= 11 is 7.12. The second-order valence-electron chi connectivity index (χ2n) is 7.09. The topological polar surface area (TPSA) is 32.3 Å². The van der Waals surface area contributed by atoms with Gasteiger partial charge >= 0.3 is 0 Å². The van der Waals surface area contributed by atoms with Crippen LogP contribution in [0.1, 0.15) is 48.0 Å². The lowest BCUT2D eigenvalue weighted by Gasteiger charge is -2.32. The number of anilines is 1. The molecule has 0 radical (unpaired) electrons. The zero-order valence-electron chi connectivity index (χ0n) is 15.3. The maximum absolute atomic E-state index is 13.1. The fourth-order valence-electron chi connectivity index (χ4n) is 3.60. The van der Waals surface area contributed by atoms with Crippen LogP contribution in [0.3, 0.4) is 0 Å². The molecule has 0 aliphatic heterocycles. The lowest BCUT2D eigenvalue weighted by atomic mass is 9.94. The SMILES string of the molecule is CN(Cc1cc(Br)cc(Br)c1NC(=O)c1ccc(F)cc1)C1CCCCC1. The zero-order valence-corrected chi connectivity index (χ0v) is 18.4. The molecule has 0 spiro atoms. The first-order chi connectivity index (χ1) is 12.9. The Morgan fingerprint density at radius 2 is 1.81 bits per heavy atom. The molecule has 1 amide bonds. The number of rotatable bonds is 5. The minimum Gasteiger partial charge on any atom is -0.321 e. The number of halogens is 3. The predicted octanol–water partition coefficient (Wildman–Crippen LogP) is 6.37. The summed E-state index contributed by atoms with van der Waals surface area (Å²) in [5, 5.41) is 2.99. The van der Waals surface area contributed by atoms with Gasteiger partial charge in [0.2, 0.25) is 0 Å². The second kappa shape index (κ2) is 9.30. The lowest BCUT2D eigenvalue weighted by molar-refractivity contribution is 0.102. The average Bonchev–Trinajstić information content (AvgIpc) is 2.65. The molecular weight excluding hydrogens is 475 g/mol. The van der Waals surface area contributed by atoms with Gasteiger partial charge in [-0.3, -0.25) is 9.69 Å². The van der Waals surface area contributed by atoms with Crippen molar-refractivity contribution < 1.29 is 9.18 Å². The minimum absolute atomic E-state index is 0.250. The summed E-state index contributed by atoms with van der Waals surface area (Å²) in [4.78, 5) is 15.0. The highest BCUT2D eigenvalue weighted by Gasteiger charge is 2.20. The van der Waals surface area contributed by atoms with Crippen LogP contribution < -0.4 is 5.32 Å². The van der Waals surface area contributed by atoms with Crippen LogP contribution in [0.5, 0.6) is 0 Å². The van der Waals surface area contributed by atoms with Crippen LogP contribution in [0, 0.1) is 5.82 Å². The van der Waals surface area contributed by atoms with Gasteiger partial charge in [-0.05, 0) is 77.8 Å². The molecule has 0 heterocycles. The summed E-state index contributed by atoms with van der Waals surface area (Å²) in [6, 6.07) is 10.1. The highest BCUT2D eigenvalue weighted by atomic mass is 79.9. The van der Waals surface area contributed by atoms with Crippen molar-refractivity contribution in [3.63, 3.8) is 0 Å². The molecule has 2 aromatic rings. The standard InChI is InChI=1S/C21H23Br2FN2O/c1-26(18-5-3-2-4-6-18)13-15-11-16(22)12-19(23)20(15)25-21(27)14-7-9-17(24)10-8-14/h7-12,18H,2-6,13H2,1H3,(H,25,27). The number of amides is 1. The highest BCUT2D eigenvalue weighted by molar-refractivity contribution is 9.11. The Labute approximate surface area is 176 Å². The molecule has 2 aromatic carbocycles. The Bertz CT molecular complexity index is 805. The molecule has 0 saturated heterocycles. The Hall–Kier alpha value is -1.24. The van der Waals surface area contributed by atoms with E-state index < -0.39 is 0 Å². The van der Waals surface area contributed by atoms with Crippen LogP contribution in [-0.2, 0) is 6.54 Å². The summed E-state index contributed by atoms with van der Waals surface area (Å²) in [5.74, 6) is -0.606. The third-order valence-electron chi connectivity index (χ3n) is 5.10. The number of hydrogen-bond donors (Lipinski definition) is 1. The summed E-state index contributed by atoms with van der Waals surface area (Å²) in [7, 11) is 2.15. The van der Waals surface area contributed by atoms with E-state index in [0.29, 0.717) is 11.6 Å². The van der Waals surface area contributed by atoms with Gasteiger partial charge in [0, 0.05) is 27.1 Å². The monoisotopic (exact) mass is 496 g/mol. The number of hydrogen-bond acceptors (Lipinski definition) is 2. The van der Waals surface area contributed by atoms with E-state index in [1.54, 1.807) is 0 Å². The third-order valence-corrected chi connectivity index (χ3v) is 6.18. The molecule has 0 bridgehead atoms. The van der Waals surface area contributed by atoms with E-state index in [1.165, 1.54) is 56.4 Å². The Morgan fingerprint density at radius 1 is 1.15 bits per heavy atom. The van der Waals surface area contributed by atoms with E-state index in [2.05, 4.69) is 49.1 Å². The molecule has 0 unspecified atom stereocenters. The number of nitrogens with zero attached hydrogens (tertiary/aromatic N) is 1. The Morgan fingerprint density at radius 3 is 2.48 bits per heavy atom. The van der Waals surface area contributed by atoms with Crippen LogP contribution >= 0.6 is 31.9 Å². The normalized spacial score (nSPS) is 15.1. The fraction of sp³-hybridized carbons (Fsp3) is 0.381. The summed E-state index contributed by atoms with van der Waals surface area (Å²) < 4.78 is 14.9. The molecule has 0 aromatic heterocycles. The zero-order chi connectivity index (χ0) is 19.4. The van der Waals surface area contributed by atoms with Crippen LogP contribution in [-0.4, -0.2) is 23.9 Å². The number of benzene rings is 2. The first-order valence-electron chi connectivity index (χ1n) is 9.19. The predicted molar refractivity (Wildman–Crippen MR) is 115 cm³/mol. The van der Waals surface area contributed by atoms with E-state index in [1.807, 2.05) is 12.1 Å². The van der Waals surface area contributed by atoms with Crippen molar-refractivity contribution in [3.8, 4) is 0 Å². The van der Waals surface area contributed by atoms with Crippen molar-refractivity contribution in [1.29, 1.82) is 0 Å². The lowest BCUT2D eigenvalue weighted by Crippen LogP contribution is -2.33. The quantitative estimate of drug-likeness (QED) is 0.520. The molecule has 27 heavy (non-hydrogen) atoms. The van der Waals surface area contributed by atoms with Gasteiger partial charge in [-0.25, -0.2) is 4.39 Å². The molecule has 1 saturated carbocycles. The molecule has 0 atom stereocenters. The molecule has 1 N–H and O–H groups in total. The minimum atomic E-state index is -0.355. The first-order valence-corrected chi connectivity index (χ1v) is 10.8. The summed E-state index contributed by atoms with van der Waals surface area (Å²) in [6.45, 7) is 0.752. The largest absolute Gasteiger partial charge is 0.321 e. The highest BCUT2D eigenvalue weighted by Crippen LogP contribution is 2.33. The van der Waals surface area contributed by atoms with Gasteiger partial charge in [0.25, 0.3) is 5.91 Å². The molecule has 1 aliphatic rings. The van der Waals surface area contributed by atoms with E-state index in [4.69, 9.17) is 0 Å². The third kappa shape index (κ3) is 5.39. The first kappa shape index (κ1) is 20.5.